The molecule has 0 aliphatic carbocycles. The topological polar surface area (TPSA) is 105 Å². The molecule has 2 aromatic rings. The Labute approximate surface area is 171 Å². The minimum Gasteiger partial charge on any atom is -0.383 e. The summed E-state index contributed by atoms with van der Waals surface area (Å²) >= 11 is 6.05. The van der Waals surface area contributed by atoms with Gasteiger partial charge < -0.3 is 25.5 Å². The zero-order valence-electron chi connectivity index (χ0n) is 17.1. The Morgan fingerprint density at radius 2 is 1.93 bits per heavy atom. The summed E-state index contributed by atoms with van der Waals surface area (Å²) < 4.78 is 10.1. The summed E-state index contributed by atoms with van der Waals surface area (Å²) in [5, 5.41) is 14.5. The molecule has 28 heavy (non-hydrogen) atoms. The van der Waals surface area contributed by atoms with Crippen LogP contribution >= 0.6 is 11.6 Å². The number of methoxy groups -OCH3 is 2. The molecule has 0 saturated carbocycles. The molecule has 0 aromatic carbocycles. The summed E-state index contributed by atoms with van der Waals surface area (Å²) in [6.45, 7) is 7.33. The molecule has 0 aliphatic heterocycles. The fourth-order valence-corrected chi connectivity index (χ4v) is 2.30. The Kier molecular flexibility index (Phi) is 11.0. The predicted octanol–water partition coefficient (Wildman–Crippen LogP) is 4.07. The molecule has 0 saturated heterocycles. The van der Waals surface area contributed by atoms with E-state index in [1.165, 1.54) is 13.5 Å². The number of ether oxygens (including phenoxy) is 2. The van der Waals surface area contributed by atoms with Gasteiger partial charge >= 0.3 is 0 Å². The highest BCUT2D eigenvalue weighted by Crippen LogP contribution is 2.28. The van der Waals surface area contributed by atoms with Gasteiger partial charge in [-0.25, -0.2) is 9.97 Å². The fourth-order valence-electron chi connectivity index (χ4n) is 2.13. The van der Waals surface area contributed by atoms with Crippen LogP contribution in [0.3, 0.4) is 0 Å². The molecular weight excluding hydrogens is 380 g/mol. The van der Waals surface area contributed by atoms with E-state index in [0.717, 1.165) is 5.56 Å². The second-order valence-corrected chi connectivity index (χ2v) is 6.28. The van der Waals surface area contributed by atoms with E-state index in [2.05, 4.69) is 39.4 Å². The lowest BCUT2D eigenvalue weighted by molar-refractivity contribution is 0.211. The van der Waals surface area contributed by atoms with Crippen LogP contribution in [0.4, 0.5) is 17.3 Å². The maximum absolute atomic E-state index is 8.17. The highest BCUT2D eigenvalue weighted by Gasteiger charge is 2.18. The molecule has 2 rings (SSSR count). The zero-order chi connectivity index (χ0) is 20.9. The van der Waals surface area contributed by atoms with Crippen LogP contribution in [0.1, 0.15) is 31.5 Å². The van der Waals surface area contributed by atoms with E-state index in [9.17, 15) is 0 Å². The van der Waals surface area contributed by atoms with E-state index in [0.29, 0.717) is 36.2 Å². The van der Waals surface area contributed by atoms with Crippen LogP contribution in [0.25, 0.3) is 0 Å². The lowest BCUT2D eigenvalue weighted by Gasteiger charge is -2.17. The van der Waals surface area contributed by atoms with Gasteiger partial charge in [-0.3, -0.25) is 0 Å². The van der Waals surface area contributed by atoms with Crippen molar-refractivity contribution in [2.75, 3.05) is 44.6 Å². The van der Waals surface area contributed by atoms with E-state index in [1.807, 2.05) is 19.1 Å². The van der Waals surface area contributed by atoms with Crippen LogP contribution in [0, 0.1) is 12.3 Å². The molecule has 0 atom stereocenters. The molecular formula is C19H29ClN6O2. The van der Waals surface area contributed by atoms with Crippen LogP contribution in [0.15, 0.2) is 18.3 Å². The van der Waals surface area contributed by atoms with Crippen molar-refractivity contribution in [2.45, 2.75) is 27.2 Å². The van der Waals surface area contributed by atoms with E-state index < -0.39 is 0 Å². The maximum atomic E-state index is 8.17. The number of rotatable bonds is 9. The molecule has 0 amide bonds. The van der Waals surface area contributed by atoms with Gasteiger partial charge in [0.15, 0.2) is 5.82 Å². The average molecular weight is 409 g/mol. The normalized spacial score (nSPS) is 10.1. The highest BCUT2D eigenvalue weighted by atomic mass is 35.5. The Hall–Kier alpha value is -2.29. The number of hydrogen-bond acceptors (Lipinski definition) is 8. The monoisotopic (exact) mass is 408 g/mol. The number of anilines is 3. The van der Waals surface area contributed by atoms with Gasteiger partial charge in [-0.1, -0.05) is 20.3 Å². The lowest BCUT2D eigenvalue weighted by Crippen LogP contribution is -2.18. The highest BCUT2D eigenvalue weighted by molar-refractivity contribution is 6.28. The summed E-state index contributed by atoms with van der Waals surface area (Å²) in [5.41, 5.74) is 2.16. The first-order valence-corrected chi connectivity index (χ1v) is 9.41. The van der Waals surface area contributed by atoms with Gasteiger partial charge in [0.2, 0.25) is 5.28 Å². The molecule has 0 aliphatic rings. The predicted molar refractivity (Wildman–Crippen MR) is 114 cm³/mol. The smallest absolute Gasteiger partial charge is 0.225 e. The largest absolute Gasteiger partial charge is 0.383 e. The van der Waals surface area contributed by atoms with Crippen molar-refractivity contribution in [3.63, 3.8) is 0 Å². The van der Waals surface area contributed by atoms with Gasteiger partial charge in [0, 0.05) is 27.0 Å². The molecule has 0 spiro atoms. The molecule has 0 fully saturated rings. The quantitative estimate of drug-likeness (QED) is 0.326. The van der Waals surface area contributed by atoms with Gasteiger partial charge in [0.05, 0.1) is 18.9 Å². The minimum atomic E-state index is 0.0308. The van der Waals surface area contributed by atoms with Crippen molar-refractivity contribution in [2.24, 2.45) is 0 Å². The maximum Gasteiger partial charge on any atom is 0.225 e. The summed E-state index contributed by atoms with van der Waals surface area (Å²) in [6.07, 6.45) is 2.95. The average Bonchev–Trinajstić information content (AvgIpc) is 2.64. The molecule has 0 unspecified atom stereocenters. The zero-order valence-corrected chi connectivity index (χ0v) is 17.9. The number of aromatic nitrogens is 3. The first-order valence-electron chi connectivity index (χ1n) is 9.03. The van der Waals surface area contributed by atoms with Crippen LogP contribution in [-0.4, -0.2) is 54.6 Å². The van der Waals surface area contributed by atoms with Gasteiger partial charge in [-0.2, -0.15) is 4.98 Å². The van der Waals surface area contributed by atoms with Crippen LogP contribution < -0.4 is 10.6 Å². The van der Waals surface area contributed by atoms with E-state index >= 15 is 0 Å². The van der Waals surface area contributed by atoms with Crippen molar-refractivity contribution in [3.8, 4) is 0 Å². The standard InChI is InChI=1S/C16H21ClN6O2.C3H8/c1-10-4-5-19-12(8-10)21-15-14(20-6-7-24-2)13(11(18)9-25-3)22-16(17)23-15;1-3-2/h4-5,8,18,20H,6-7,9H2,1-3H3,(H,19,21,22,23);3H2,1-2H3. The summed E-state index contributed by atoms with van der Waals surface area (Å²) in [7, 11) is 3.13. The summed E-state index contributed by atoms with van der Waals surface area (Å²) in [5.74, 6) is 1.05. The van der Waals surface area contributed by atoms with Crippen LogP contribution in [0.5, 0.6) is 0 Å². The Morgan fingerprint density at radius 1 is 1.21 bits per heavy atom. The van der Waals surface area contributed by atoms with Crippen molar-refractivity contribution in [1.82, 2.24) is 15.0 Å². The number of halogens is 1. The van der Waals surface area contributed by atoms with Gasteiger partial charge in [0.25, 0.3) is 0 Å². The first kappa shape index (κ1) is 23.7. The Balaban J connectivity index is 0.00000122. The van der Waals surface area contributed by atoms with E-state index in [4.69, 9.17) is 26.5 Å². The number of hydrogen-bond donors (Lipinski definition) is 3. The first-order chi connectivity index (χ1) is 13.5. The van der Waals surface area contributed by atoms with Crippen LogP contribution in [0.2, 0.25) is 5.28 Å². The SMILES string of the molecule is CCC.COCCNc1c(Nc2cc(C)ccn2)nc(Cl)nc1C(=N)COC. The molecule has 0 bridgehead atoms. The van der Waals surface area contributed by atoms with E-state index in [1.54, 1.807) is 13.3 Å². The second kappa shape index (κ2) is 13.0. The molecule has 0 radical (unpaired) electrons. The Morgan fingerprint density at radius 3 is 2.54 bits per heavy atom. The van der Waals surface area contributed by atoms with Crippen molar-refractivity contribution in [3.05, 3.63) is 34.9 Å². The number of aryl methyl sites for hydroxylation is 1. The number of pyridine rings is 1. The molecule has 2 aromatic heterocycles. The van der Waals surface area contributed by atoms with Gasteiger partial charge in [-0.05, 0) is 36.2 Å². The molecule has 8 nitrogen and oxygen atoms in total. The minimum absolute atomic E-state index is 0.0308. The fraction of sp³-hybridized carbons (Fsp3) is 0.474. The third-order valence-electron chi connectivity index (χ3n) is 3.23. The van der Waals surface area contributed by atoms with Crippen molar-refractivity contribution in [1.29, 1.82) is 5.41 Å². The molecule has 2 heterocycles. The lowest BCUT2D eigenvalue weighted by atomic mass is 10.2. The second-order valence-electron chi connectivity index (χ2n) is 5.95. The molecule has 9 heteroatoms. The number of nitrogens with one attached hydrogen (secondary N) is 3. The summed E-state index contributed by atoms with van der Waals surface area (Å²) in [4.78, 5) is 12.7. The van der Waals surface area contributed by atoms with Gasteiger partial charge in [-0.15, -0.1) is 0 Å². The van der Waals surface area contributed by atoms with Crippen LogP contribution in [-0.2, 0) is 9.47 Å². The number of nitrogens with zero attached hydrogens (tertiary/aromatic N) is 3. The van der Waals surface area contributed by atoms with Gasteiger partial charge in [0.1, 0.15) is 17.2 Å². The third-order valence-corrected chi connectivity index (χ3v) is 3.40. The van der Waals surface area contributed by atoms with E-state index in [-0.39, 0.29) is 17.6 Å². The third kappa shape index (κ3) is 7.75. The van der Waals surface area contributed by atoms with Crippen molar-refractivity contribution < 1.29 is 9.47 Å². The summed E-state index contributed by atoms with van der Waals surface area (Å²) in [6, 6.07) is 3.78. The molecule has 154 valence electrons. The Bertz CT molecular complexity index is 757. The van der Waals surface area contributed by atoms with Crippen molar-refractivity contribution >= 4 is 34.6 Å². The molecule has 3 N–H and O–H groups in total.